The zero-order valence-electron chi connectivity index (χ0n) is 25.9. The van der Waals surface area contributed by atoms with Gasteiger partial charge in [0, 0.05) is 26.7 Å². The highest BCUT2D eigenvalue weighted by molar-refractivity contribution is 6.42. The van der Waals surface area contributed by atoms with Crippen LogP contribution in [0.3, 0.4) is 0 Å². The molecule has 2 unspecified atom stereocenters. The summed E-state index contributed by atoms with van der Waals surface area (Å²) < 4.78 is 0. The second-order valence-corrected chi connectivity index (χ2v) is 13.9. The lowest BCUT2D eigenvalue weighted by molar-refractivity contribution is -0.140. The Bertz CT molecular complexity index is 1470. The van der Waals surface area contributed by atoms with Crippen molar-refractivity contribution in [1.82, 2.24) is 14.7 Å². The van der Waals surface area contributed by atoms with Gasteiger partial charge in [-0.15, -0.1) is 0 Å². The van der Waals surface area contributed by atoms with Crippen LogP contribution in [0.4, 0.5) is 0 Å². The van der Waals surface area contributed by atoms with E-state index in [1.165, 1.54) is 6.42 Å². The first kappa shape index (κ1) is 31.1. The predicted octanol–water partition coefficient (Wildman–Crippen LogP) is 7.52. The van der Waals surface area contributed by atoms with E-state index >= 15 is 0 Å². The molecule has 3 atom stereocenters. The molecule has 2 amide bonds. The number of benzene rings is 3. The number of nitrogens with zero attached hydrogens (tertiary/aromatic N) is 3. The molecule has 1 aliphatic carbocycles. The van der Waals surface area contributed by atoms with Gasteiger partial charge >= 0.3 is 0 Å². The Balaban J connectivity index is 1.22. The Morgan fingerprint density at radius 3 is 2.11 bits per heavy atom. The minimum Gasteiger partial charge on any atom is -0.342 e. The Kier molecular flexibility index (Phi) is 9.10. The van der Waals surface area contributed by atoms with Gasteiger partial charge in [-0.05, 0) is 93.3 Å². The minimum absolute atomic E-state index is 0.0631. The fraction of sp³-hybridized carbons (Fsp3) is 0.459. The number of hydrogen-bond acceptors (Lipinski definition) is 3. The molecule has 0 bridgehead atoms. The summed E-state index contributed by atoms with van der Waals surface area (Å²) in [5.41, 5.74) is 2.05. The van der Waals surface area contributed by atoms with Crippen molar-refractivity contribution in [3.05, 3.63) is 106 Å². The van der Waals surface area contributed by atoms with Gasteiger partial charge in [0.2, 0.25) is 11.8 Å². The number of carbonyl (C=O) groups is 2. The van der Waals surface area contributed by atoms with Crippen molar-refractivity contribution in [3.8, 4) is 0 Å². The third-order valence-electron chi connectivity index (χ3n) is 10.7. The van der Waals surface area contributed by atoms with Crippen LogP contribution < -0.4 is 0 Å². The van der Waals surface area contributed by atoms with Crippen LogP contribution in [0.15, 0.2) is 78.9 Å². The van der Waals surface area contributed by atoms with Crippen LogP contribution >= 0.6 is 23.2 Å². The van der Waals surface area contributed by atoms with E-state index < -0.39 is 10.8 Å². The van der Waals surface area contributed by atoms with Crippen molar-refractivity contribution < 1.29 is 9.59 Å². The summed E-state index contributed by atoms with van der Waals surface area (Å²) in [6.45, 7) is 6.27. The average Bonchev–Trinajstić information content (AvgIpc) is 3.80. The summed E-state index contributed by atoms with van der Waals surface area (Å²) in [6.07, 6.45) is 5.73. The summed E-state index contributed by atoms with van der Waals surface area (Å²) in [5, 5.41) is 0.968. The highest BCUT2D eigenvalue weighted by Crippen LogP contribution is 2.57. The van der Waals surface area contributed by atoms with Crippen molar-refractivity contribution in [3.63, 3.8) is 0 Å². The lowest BCUT2D eigenvalue weighted by Gasteiger charge is -2.44. The summed E-state index contributed by atoms with van der Waals surface area (Å²) in [6, 6.07) is 26.2. The molecule has 232 valence electrons. The number of amides is 2. The number of carbonyl (C=O) groups excluding carboxylic acids is 2. The van der Waals surface area contributed by atoms with Crippen LogP contribution in [0.2, 0.25) is 10.0 Å². The normalized spacial score (nSPS) is 24.0. The second-order valence-electron chi connectivity index (χ2n) is 13.1. The number of rotatable bonds is 8. The SMILES string of the molecule is C[C@@H](c1ccccc1)N(C)C(=O)C1(c2ccc(Cl)c(Cl)c2)CC1CN1CCC(C(=O)N2CCCCC2)(c2ccccc2)CC1. The fourth-order valence-corrected chi connectivity index (χ4v) is 8.02. The van der Waals surface area contributed by atoms with Gasteiger partial charge in [-0.25, -0.2) is 0 Å². The molecule has 5 nitrogen and oxygen atoms in total. The van der Waals surface area contributed by atoms with E-state index in [2.05, 4.69) is 53.1 Å². The third kappa shape index (κ3) is 5.79. The quantitative estimate of drug-likeness (QED) is 0.258. The smallest absolute Gasteiger partial charge is 0.233 e. The number of piperidine rings is 2. The molecule has 2 heterocycles. The fourth-order valence-electron chi connectivity index (χ4n) is 7.72. The van der Waals surface area contributed by atoms with Crippen molar-refractivity contribution in [1.29, 1.82) is 0 Å². The lowest BCUT2D eigenvalue weighted by Crippen LogP contribution is -2.54. The van der Waals surface area contributed by atoms with Gasteiger partial charge < -0.3 is 14.7 Å². The van der Waals surface area contributed by atoms with Crippen LogP contribution in [0.25, 0.3) is 0 Å². The molecule has 3 aromatic rings. The third-order valence-corrected chi connectivity index (χ3v) is 11.4. The molecule has 0 spiro atoms. The van der Waals surface area contributed by atoms with Gasteiger partial charge in [-0.2, -0.15) is 0 Å². The maximum Gasteiger partial charge on any atom is 0.233 e. The van der Waals surface area contributed by atoms with E-state index in [9.17, 15) is 9.59 Å². The maximum absolute atomic E-state index is 14.4. The molecule has 1 saturated carbocycles. The lowest BCUT2D eigenvalue weighted by atomic mass is 9.71. The molecular weight excluding hydrogens is 589 g/mol. The second kappa shape index (κ2) is 12.9. The Labute approximate surface area is 272 Å². The zero-order chi connectivity index (χ0) is 30.9. The van der Waals surface area contributed by atoms with Gasteiger partial charge in [0.1, 0.15) is 0 Å². The summed E-state index contributed by atoms with van der Waals surface area (Å²) >= 11 is 12.8. The van der Waals surface area contributed by atoms with Crippen molar-refractivity contribution in [2.75, 3.05) is 39.8 Å². The number of hydrogen-bond donors (Lipinski definition) is 0. The van der Waals surface area contributed by atoms with E-state index in [-0.39, 0.29) is 17.9 Å². The topological polar surface area (TPSA) is 43.9 Å². The molecule has 7 heteroatoms. The largest absolute Gasteiger partial charge is 0.342 e. The number of likely N-dealkylation sites (tertiary alicyclic amines) is 2. The average molecular weight is 633 g/mol. The first-order valence-electron chi connectivity index (χ1n) is 16.1. The van der Waals surface area contributed by atoms with Gasteiger partial charge in [0.15, 0.2) is 0 Å². The van der Waals surface area contributed by atoms with Crippen molar-refractivity contribution in [2.45, 2.75) is 62.3 Å². The van der Waals surface area contributed by atoms with Crippen molar-refractivity contribution >= 4 is 35.0 Å². The van der Waals surface area contributed by atoms with E-state index in [1.807, 2.05) is 54.4 Å². The van der Waals surface area contributed by atoms with E-state index in [0.29, 0.717) is 16.0 Å². The minimum atomic E-state index is -0.649. The molecule has 6 rings (SSSR count). The molecule has 2 aliphatic heterocycles. The van der Waals surface area contributed by atoms with Crippen LogP contribution in [0.1, 0.15) is 68.2 Å². The van der Waals surface area contributed by atoms with Crippen LogP contribution in [-0.2, 0) is 20.4 Å². The van der Waals surface area contributed by atoms with Crippen LogP contribution in [-0.4, -0.2) is 66.3 Å². The molecule has 0 aromatic heterocycles. The summed E-state index contributed by atoms with van der Waals surface area (Å²) in [4.78, 5) is 35.1. The zero-order valence-corrected chi connectivity index (χ0v) is 27.4. The molecule has 0 radical (unpaired) electrons. The molecule has 44 heavy (non-hydrogen) atoms. The van der Waals surface area contributed by atoms with Crippen LogP contribution in [0.5, 0.6) is 0 Å². The first-order chi connectivity index (χ1) is 21.3. The first-order valence-corrected chi connectivity index (χ1v) is 16.9. The standard InChI is InChI=1S/C37H43Cl2N3O2/c1-27(28-12-6-3-7-13-28)40(2)35(44)37(30-16-17-32(38)33(39)24-30)25-31(37)26-41-22-18-36(19-23-41,29-14-8-4-9-15-29)34(43)42-20-10-5-11-21-42/h3-4,6-9,12-17,24,27,31H,5,10-11,18-23,25-26H2,1-2H3/t27-,31?,37?/m0/s1. The van der Waals surface area contributed by atoms with Crippen molar-refractivity contribution in [2.24, 2.45) is 5.92 Å². The molecule has 3 aliphatic rings. The highest BCUT2D eigenvalue weighted by atomic mass is 35.5. The molecule has 0 N–H and O–H groups in total. The van der Waals surface area contributed by atoms with Crippen LogP contribution in [0, 0.1) is 5.92 Å². The molecule has 2 saturated heterocycles. The maximum atomic E-state index is 14.4. The Morgan fingerprint density at radius 2 is 1.48 bits per heavy atom. The van der Waals surface area contributed by atoms with Gasteiger partial charge in [0.05, 0.1) is 26.9 Å². The number of likely N-dealkylation sites (N-methyl/N-ethyl adjacent to an activating group) is 1. The van der Waals surface area contributed by atoms with E-state index in [4.69, 9.17) is 23.2 Å². The highest BCUT2D eigenvalue weighted by Gasteiger charge is 2.62. The Morgan fingerprint density at radius 1 is 0.841 bits per heavy atom. The van der Waals surface area contributed by atoms with E-state index in [1.54, 1.807) is 0 Å². The van der Waals surface area contributed by atoms with Gasteiger partial charge in [-0.1, -0.05) is 89.9 Å². The summed E-state index contributed by atoms with van der Waals surface area (Å²) in [7, 11) is 1.91. The molecular formula is C37H43Cl2N3O2. The van der Waals surface area contributed by atoms with E-state index in [0.717, 1.165) is 81.5 Å². The number of halogens is 2. The molecule has 3 fully saturated rings. The monoisotopic (exact) mass is 631 g/mol. The van der Waals surface area contributed by atoms with Gasteiger partial charge in [-0.3, -0.25) is 9.59 Å². The molecule has 3 aromatic carbocycles. The Hall–Kier alpha value is -2.86. The van der Waals surface area contributed by atoms with Gasteiger partial charge in [0.25, 0.3) is 0 Å². The predicted molar refractivity (Wildman–Crippen MR) is 178 cm³/mol. The summed E-state index contributed by atoms with van der Waals surface area (Å²) in [5.74, 6) is 0.569.